The Balaban J connectivity index is 1.65. The topological polar surface area (TPSA) is 42.7 Å². The molecule has 1 saturated carbocycles. The van der Waals surface area contributed by atoms with Crippen LogP contribution >= 0.6 is 0 Å². The number of hydrogen-bond donors (Lipinski definition) is 1. The minimum Gasteiger partial charge on any atom is -0.382 e. The molecular weight excluding hydrogens is 248 g/mol. The van der Waals surface area contributed by atoms with E-state index < -0.39 is 0 Å². The number of rotatable bonds is 4. The highest BCUT2D eigenvalue weighted by Gasteiger charge is 2.19. The van der Waals surface area contributed by atoms with E-state index in [1.165, 1.54) is 37.8 Å². The van der Waals surface area contributed by atoms with Crippen LogP contribution in [0.1, 0.15) is 39.0 Å². The summed E-state index contributed by atoms with van der Waals surface area (Å²) >= 11 is 0. The molecule has 3 rings (SSSR count). The van der Waals surface area contributed by atoms with E-state index in [-0.39, 0.29) is 0 Å². The highest BCUT2D eigenvalue weighted by atomic mass is 15.2. The number of anilines is 1. The number of hydrogen-bond acceptors (Lipinski definition) is 3. The second kappa shape index (κ2) is 6.07. The summed E-state index contributed by atoms with van der Waals surface area (Å²) in [6, 6.07) is 9.07. The zero-order chi connectivity index (χ0) is 13.8. The van der Waals surface area contributed by atoms with Gasteiger partial charge in [-0.15, -0.1) is 10.2 Å². The van der Waals surface area contributed by atoms with Gasteiger partial charge in [-0.2, -0.15) is 0 Å². The van der Waals surface area contributed by atoms with Gasteiger partial charge in [-0.25, -0.2) is 0 Å². The molecule has 106 valence electrons. The summed E-state index contributed by atoms with van der Waals surface area (Å²) in [5.74, 6) is 0.941. The predicted molar refractivity (Wildman–Crippen MR) is 81.0 cm³/mol. The first-order valence-electron chi connectivity index (χ1n) is 7.56. The lowest BCUT2D eigenvalue weighted by Crippen LogP contribution is -2.25. The second-order valence-electron chi connectivity index (χ2n) is 5.69. The van der Waals surface area contributed by atoms with Gasteiger partial charge in [0.15, 0.2) is 0 Å². The summed E-state index contributed by atoms with van der Waals surface area (Å²) in [6.45, 7) is 2.31. The molecule has 2 aromatic rings. The van der Waals surface area contributed by atoms with E-state index in [9.17, 15) is 0 Å². The maximum Gasteiger partial charge on any atom is 0.123 e. The van der Waals surface area contributed by atoms with Crippen molar-refractivity contribution in [2.45, 2.75) is 45.1 Å². The van der Waals surface area contributed by atoms with Crippen LogP contribution in [-0.2, 0) is 0 Å². The molecule has 20 heavy (non-hydrogen) atoms. The molecule has 4 heteroatoms. The summed E-state index contributed by atoms with van der Waals surface area (Å²) in [5, 5.41) is 11.4. The summed E-state index contributed by atoms with van der Waals surface area (Å²) in [6.07, 6.45) is 10.1. The summed E-state index contributed by atoms with van der Waals surface area (Å²) in [5.41, 5.74) is 2.29. The number of nitrogens with one attached hydrogen (secondary N) is 1. The van der Waals surface area contributed by atoms with Gasteiger partial charge in [-0.3, -0.25) is 4.57 Å². The highest BCUT2D eigenvalue weighted by Crippen LogP contribution is 2.28. The van der Waals surface area contributed by atoms with E-state index in [2.05, 4.69) is 46.7 Å². The Morgan fingerprint density at radius 3 is 2.60 bits per heavy atom. The fourth-order valence-corrected chi connectivity index (χ4v) is 3.04. The van der Waals surface area contributed by atoms with Gasteiger partial charge in [0.05, 0.1) is 5.69 Å². The third kappa shape index (κ3) is 3.00. The third-order valence-electron chi connectivity index (χ3n) is 4.36. The molecule has 1 aliphatic carbocycles. The number of benzene rings is 1. The molecule has 0 radical (unpaired) electrons. The Morgan fingerprint density at radius 2 is 1.90 bits per heavy atom. The van der Waals surface area contributed by atoms with Crippen molar-refractivity contribution in [3.05, 3.63) is 36.9 Å². The summed E-state index contributed by atoms with van der Waals surface area (Å²) in [4.78, 5) is 0. The smallest absolute Gasteiger partial charge is 0.123 e. The normalized spacial score (nSPS) is 22.6. The minimum absolute atomic E-state index is 0.619. The molecule has 0 amide bonds. The van der Waals surface area contributed by atoms with Crippen molar-refractivity contribution in [1.29, 1.82) is 0 Å². The number of nitrogens with zero attached hydrogens (tertiary/aromatic N) is 3. The van der Waals surface area contributed by atoms with Gasteiger partial charge in [0.25, 0.3) is 0 Å². The second-order valence-corrected chi connectivity index (χ2v) is 5.69. The van der Waals surface area contributed by atoms with Crippen LogP contribution in [0.25, 0.3) is 5.69 Å². The Bertz CT molecular complexity index is 527. The molecule has 1 aliphatic rings. The van der Waals surface area contributed by atoms with Crippen LogP contribution in [0.4, 0.5) is 5.69 Å². The zero-order valence-corrected chi connectivity index (χ0v) is 12.0. The van der Waals surface area contributed by atoms with Gasteiger partial charge in [0, 0.05) is 11.7 Å². The van der Waals surface area contributed by atoms with Gasteiger partial charge in [-0.1, -0.05) is 19.4 Å². The Labute approximate surface area is 120 Å². The van der Waals surface area contributed by atoms with Crippen molar-refractivity contribution in [3.63, 3.8) is 0 Å². The van der Waals surface area contributed by atoms with Crippen molar-refractivity contribution < 1.29 is 0 Å². The van der Waals surface area contributed by atoms with Gasteiger partial charge in [0.2, 0.25) is 0 Å². The predicted octanol–water partition coefficient (Wildman–Crippen LogP) is 3.65. The van der Waals surface area contributed by atoms with Crippen molar-refractivity contribution in [3.8, 4) is 5.69 Å². The van der Waals surface area contributed by atoms with Crippen LogP contribution in [0.2, 0.25) is 0 Å². The van der Waals surface area contributed by atoms with Gasteiger partial charge in [-0.05, 0) is 49.8 Å². The van der Waals surface area contributed by atoms with Gasteiger partial charge < -0.3 is 5.32 Å². The lowest BCUT2D eigenvalue weighted by molar-refractivity contribution is 0.330. The average Bonchev–Trinajstić information content (AvgIpc) is 3.03. The fourth-order valence-electron chi connectivity index (χ4n) is 3.04. The molecule has 0 saturated heterocycles. The maximum atomic E-state index is 3.85. The van der Waals surface area contributed by atoms with E-state index in [1.807, 2.05) is 4.57 Å². The van der Waals surface area contributed by atoms with Crippen molar-refractivity contribution in [1.82, 2.24) is 14.8 Å². The lowest BCUT2D eigenvalue weighted by atomic mass is 9.84. The van der Waals surface area contributed by atoms with Crippen molar-refractivity contribution >= 4 is 5.69 Å². The molecule has 4 nitrogen and oxygen atoms in total. The first kappa shape index (κ1) is 13.2. The Morgan fingerprint density at radius 1 is 1.15 bits per heavy atom. The largest absolute Gasteiger partial charge is 0.382 e. The minimum atomic E-state index is 0.619. The Hall–Kier alpha value is -1.84. The molecule has 1 N–H and O–H groups in total. The summed E-state index contributed by atoms with van der Waals surface area (Å²) < 4.78 is 1.93. The van der Waals surface area contributed by atoms with Crippen LogP contribution in [0.15, 0.2) is 36.9 Å². The molecule has 0 spiro atoms. The van der Waals surface area contributed by atoms with Crippen LogP contribution in [0.3, 0.4) is 0 Å². The molecule has 0 atom stereocenters. The maximum absolute atomic E-state index is 3.85. The molecule has 1 aromatic carbocycles. The van der Waals surface area contributed by atoms with E-state index in [1.54, 1.807) is 12.7 Å². The molecule has 0 bridgehead atoms. The summed E-state index contributed by atoms with van der Waals surface area (Å²) in [7, 11) is 0. The third-order valence-corrected chi connectivity index (χ3v) is 4.36. The van der Waals surface area contributed by atoms with Crippen molar-refractivity contribution in [2.75, 3.05) is 5.32 Å². The average molecular weight is 270 g/mol. The van der Waals surface area contributed by atoms with Gasteiger partial charge in [0.1, 0.15) is 12.7 Å². The standard InChI is InChI=1S/C16H22N4/c1-2-13-6-8-14(9-7-13)19-15-4-3-5-16(10-15)20-11-17-18-12-20/h3-5,10-14,19H,2,6-9H2,1H3. The molecule has 1 aromatic heterocycles. The molecule has 1 fully saturated rings. The Kier molecular flexibility index (Phi) is 4.00. The van der Waals surface area contributed by atoms with E-state index >= 15 is 0 Å². The first-order chi connectivity index (χ1) is 9.85. The molecule has 1 heterocycles. The SMILES string of the molecule is CCC1CCC(Nc2cccc(-n3cnnc3)c2)CC1. The van der Waals surface area contributed by atoms with Crippen LogP contribution in [0, 0.1) is 5.92 Å². The fraction of sp³-hybridized carbons (Fsp3) is 0.500. The van der Waals surface area contributed by atoms with E-state index in [4.69, 9.17) is 0 Å². The molecule has 0 aliphatic heterocycles. The van der Waals surface area contributed by atoms with E-state index in [0.29, 0.717) is 6.04 Å². The lowest BCUT2D eigenvalue weighted by Gasteiger charge is -2.29. The molecular formula is C16H22N4. The van der Waals surface area contributed by atoms with Gasteiger partial charge >= 0.3 is 0 Å². The first-order valence-corrected chi connectivity index (χ1v) is 7.56. The quantitative estimate of drug-likeness (QED) is 0.922. The van der Waals surface area contributed by atoms with Crippen molar-refractivity contribution in [2.24, 2.45) is 5.92 Å². The van der Waals surface area contributed by atoms with Crippen LogP contribution < -0.4 is 5.32 Å². The monoisotopic (exact) mass is 270 g/mol. The zero-order valence-electron chi connectivity index (χ0n) is 12.0. The van der Waals surface area contributed by atoms with Crippen LogP contribution in [-0.4, -0.2) is 20.8 Å². The van der Waals surface area contributed by atoms with E-state index in [0.717, 1.165) is 11.6 Å². The molecule has 0 unspecified atom stereocenters. The number of aromatic nitrogens is 3. The van der Waals surface area contributed by atoms with Crippen LogP contribution in [0.5, 0.6) is 0 Å². The highest BCUT2D eigenvalue weighted by molar-refractivity contribution is 5.51.